The topological polar surface area (TPSA) is 106 Å². The molecule has 0 saturated carbocycles. The van der Waals surface area contributed by atoms with Crippen LogP contribution in [0.4, 0.5) is 11.4 Å². The van der Waals surface area contributed by atoms with Gasteiger partial charge in [0.2, 0.25) is 5.91 Å². The van der Waals surface area contributed by atoms with Gasteiger partial charge in [-0.3, -0.25) is 14.9 Å². The van der Waals surface area contributed by atoms with Crippen LogP contribution in [0.5, 0.6) is 0 Å². The summed E-state index contributed by atoms with van der Waals surface area (Å²) >= 11 is 0. The molecule has 9 heteroatoms. The van der Waals surface area contributed by atoms with E-state index in [-0.39, 0.29) is 23.9 Å². The van der Waals surface area contributed by atoms with Gasteiger partial charge in [-0.25, -0.2) is 8.42 Å². The summed E-state index contributed by atoms with van der Waals surface area (Å²) in [6, 6.07) is 3.08. The highest BCUT2D eigenvalue weighted by molar-refractivity contribution is 8.13. The van der Waals surface area contributed by atoms with E-state index in [1.165, 1.54) is 0 Å². The van der Waals surface area contributed by atoms with Crippen LogP contribution < -0.4 is 5.32 Å². The molecular weight excluding hydrogens is 320 g/mol. The second-order valence-corrected chi connectivity index (χ2v) is 7.21. The van der Waals surface area contributed by atoms with E-state index in [1.54, 1.807) is 0 Å². The number of nitrogens with zero attached hydrogens (tertiary/aromatic N) is 1. The minimum absolute atomic E-state index is 0.0580. The number of carbonyl (C=O) groups excluding carboxylic acids is 1. The molecular formula is C12H15ClN2O5S. The van der Waals surface area contributed by atoms with Crippen molar-refractivity contribution in [2.45, 2.75) is 31.6 Å². The minimum atomic E-state index is -4.07. The predicted molar refractivity (Wildman–Crippen MR) is 78.8 cm³/mol. The number of benzene rings is 1. The van der Waals surface area contributed by atoms with Gasteiger partial charge in [0.25, 0.3) is 14.7 Å². The maximum atomic E-state index is 11.8. The maximum Gasteiger partial charge on any atom is 0.294 e. The Morgan fingerprint density at radius 1 is 1.48 bits per heavy atom. The molecule has 116 valence electrons. The van der Waals surface area contributed by atoms with Crippen molar-refractivity contribution in [3.05, 3.63) is 28.3 Å². The summed E-state index contributed by atoms with van der Waals surface area (Å²) in [5.41, 5.74) is -0.577. The molecule has 7 nitrogen and oxygen atoms in total. The second kappa shape index (κ2) is 6.86. The van der Waals surface area contributed by atoms with E-state index in [1.807, 2.05) is 13.8 Å². The molecule has 1 rings (SSSR count). The van der Waals surface area contributed by atoms with E-state index >= 15 is 0 Å². The molecule has 1 aromatic carbocycles. The van der Waals surface area contributed by atoms with Crippen molar-refractivity contribution in [3.8, 4) is 0 Å². The Morgan fingerprint density at radius 2 is 2.10 bits per heavy atom. The van der Waals surface area contributed by atoms with Crippen LogP contribution in [-0.2, 0) is 13.8 Å². The molecule has 0 heterocycles. The number of amides is 1. The summed E-state index contributed by atoms with van der Waals surface area (Å²) in [5.74, 6) is -0.222. The average Bonchev–Trinajstić information content (AvgIpc) is 2.37. The summed E-state index contributed by atoms with van der Waals surface area (Å²) < 4.78 is 22.4. The molecule has 1 N–H and O–H groups in total. The van der Waals surface area contributed by atoms with Crippen LogP contribution in [0.2, 0.25) is 0 Å². The molecule has 21 heavy (non-hydrogen) atoms. The molecule has 1 unspecified atom stereocenters. The van der Waals surface area contributed by atoms with E-state index in [2.05, 4.69) is 5.32 Å². The average molecular weight is 335 g/mol. The van der Waals surface area contributed by atoms with Gasteiger partial charge >= 0.3 is 0 Å². The van der Waals surface area contributed by atoms with Crippen LogP contribution in [0, 0.1) is 16.0 Å². The van der Waals surface area contributed by atoms with Gasteiger partial charge in [0.05, 0.1) is 9.82 Å². The van der Waals surface area contributed by atoms with Gasteiger partial charge in [-0.1, -0.05) is 20.3 Å². The molecule has 0 bridgehead atoms. The molecule has 1 atom stereocenters. The van der Waals surface area contributed by atoms with Crippen molar-refractivity contribution in [2.75, 3.05) is 5.32 Å². The molecule has 0 fully saturated rings. The fraction of sp³-hybridized carbons (Fsp3) is 0.417. The lowest BCUT2D eigenvalue weighted by Gasteiger charge is -2.10. The molecule has 0 saturated heterocycles. The number of nitro groups is 1. The normalized spacial score (nSPS) is 12.7. The van der Waals surface area contributed by atoms with Crippen LogP contribution in [0.25, 0.3) is 0 Å². The Labute approximate surface area is 126 Å². The maximum absolute atomic E-state index is 11.8. The van der Waals surface area contributed by atoms with Crippen molar-refractivity contribution >= 4 is 37.0 Å². The Kier molecular flexibility index (Phi) is 5.68. The third-order valence-electron chi connectivity index (χ3n) is 2.95. The number of hydrogen-bond donors (Lipinski definition) is 1. The van der Waals surface area contributed by atoms with Gasteiger partial charge in [-0.15, -0.1) is 0 Å². The summed E-state index contributed by atoms with van der Waals surface area (Å²) in [5, 5.41) is 13.4. The number of hydrogen-bond acceptors (Lipinski definition) is 5. The first-order valence-electron chi connectivity index (χ1n) is 6.18. The number of rotatable bonds is 6. The third kappa shape index (κ3) is 4.98. The highest BCUT2D eigenvalue weighted by Gasteiger charge is 2.21. The molecule has 0 spiro atoms. The van der Waals surface area contributed by atoms with Crippen molar-refractivity contribution in [1.82, 2.24) is 0 Å². The predicted octanol–water partition coefficient (Wildman–Crippen LogP) is 2.90. The lowest BCUT2D eigenvalue weighted by atomic mass is 10.0. The zero-order chi connectivity index (χ0) is 16.2. The standard InChI is InChI=1S/C12H15ClN2O5S/c1-3-8(2)6-12(16)14-10-5-4-9(21(13,19)20)7-11(10)15(17)18/h4-5,7-8H,3,6H2,1-2H3,(H,14,16). The van der Waals surface area contributed by atoms with Crippen molar-refractivity contribution in [1.29, 1.82) is 0 Å². The monoisotopic (exact) mass is 334 g/mol. The first kappa shape index (κ1) is 17.4. The Morgan fingerprint density at radius 3 is 2.57 bits per heavy atom. The first-order valence-corrected chi connectivity index (χ1v) is 8.49. The van der Waals surface area contributed by atoms with Crippen LogP contribution in [0.3, 0.4) is 0 Å². The Balaban J connectivity index is 3.08. The van der Waals surface area contributed by atoms with Crippen molar-refractivity contribution in [3.63, 3.8) is 0 Å². The van der Waals surface area contributed by atoms with Crippen LogP contribution in [0.1, 0.15) is 26.7 Å². The van der Waals surface area contributed by atoms with Gasteiger partial charge in [0.15, 0.2) is 0 Å². The van der Waals surface area contributed by atoms with E-state index in [4.69, 9.17) is 10.7 Å². The van der Waals surface area contributed by atoms with Crippen molar-refractivity contribution in [2.24, 2.45) is 5.92 Å². The van der Waals surface area contributed by atoms with Gasteiger partial charge in [0, 0.05) is 23.2 Å². The van der Waals surface area contributed by atoms with Crippen molar-refractivity contribution < 1.29 is 18.1 Å². The number of anilines is 1. The lowest BCUT2D eigenvalue weighted by Crippen LogP contribution is -2.15. The van der Waals surface area contributed by atoms with Gasteiger partial charge in [0.1, 0.15) is 5.69 Å². The molecule has 0 aliphatic carbocycles. The van der Waals surface area contributed by atoms with Gasteiger partial charge < -0.3 is 5.32 Å². The Hall–Kier alpha value is -1.67. The number of halogens is 1. The summed E-state index contributed by atoms with van der Waals surface area (Å²) in [4.78, 5) is 21.6. The zero-order valence-corrected chi connectivity index (χ0v) is 13.1. The van der Waals surface area contributed by atoms with E-state index in [9.17, 15) is 23.3 Å². The largest absolute Gasteiger partial charge is 0.320 e. The zero-order valence-electron chi connectivity index (χ0n) is 11.5. The molecule has 0 aromatic heterocycles. The number of nitrogens with one attached hydrogen (secondary N) is 1. The SMILES string of the molecule is CCC(C)CC(=O)Nc1ccc(S(=O)(=O)Cl)cc1[N+](=O)[O-]. The van der Waals surface area contributed by atoms with Crippen LogP contribution in [-0.4, -0.2) is 19.2 Å². The third-order valence-corrected chi connectivity index (χ3v) is 4.30. The fourth-order valence-electron chi connectivity index (χ4n) is 1.58. The Bertz CT molecular complexity index is 660. The van der Waals surface area contributed by atoms with Crippen LogP contribution in [0.15, 0.2) is 23.1 Å². The van der Waals surface area contributed by atoms with E-state index in [0.29, 0.717) is 0 Å². The quantitative estimate of drug-likeness (QED) is 0.489. The number of carbonyl (C=O) groups is 1. The summed E-state index contributed by atoms with van der Waals surface area (Å²) in [6.07, 6.45) is 1.03. The highest BCUT2D eigenvalue weighted by atomic mass is 35.7. The van der Waals surface area contributed by atoms with E-state index < -0.39 is 24.6 Å². The highest BCUT2D eigenvalue weighted by Crippen LogP contribution is 2.29. The first-order chi connectivity index (χ1) is 9.65. The van der Waals surface area contributed by atoms with Gasteiger partial charge in [-0.2, -0.15) is 0 Å². The molecule has 1 aromatic rings. The molecule has 0 aliphatic rings. The van der Waals surface area contributed by atoms with E-state index in [0.717, 1.165) is 24.6 Å². The molecule has 1 amide bonds. The second-order valence-electron chi connectivity index (χ2n) is 4.64. The van der Waals surface area contributed by atoms with Gasteiger partial charge in [-0.05, 0) is 18.1 Å². The number of nitro benzene ring substituents is 1. The summed E-state index contributed by atoms with van der Waals surface area (Å²) in [7, 11) is 1.07. The molecule has 0 radical (unpaired) electrons. The summed E-state index contributed by atoms with van der Waals surface area (Å²) in [6.45, 7) is 3.82. The minimum Gasteiger partial charge on any atom is -0.320 e. The smallest absolute Gasteiger partial charge is 0.294 e. The fourth-order valence-corrected chi connectivity index (χ4v) is 2.35. The molecule has 0 aliphatic heterocycles. The lowest BCUT2D eigenvalue weighted by molar-refractivity contribution is -0.384. The van der Waals surface area contributed by atoms with Crippen LogP contribution >= 0.6 is 10.7 Å².